The van der Waals surface area contributed by atoms with Gasteiger partial charge in [-0.25, -0.2) is 0 Å². The van der Waals surface area contributed by atoms with Crippen LogP contribution >= 0.6 is 0 Å². The van der Waals surface area contributed by atoms with Crippen LogP contribution in [0.1, 0.15) is 25.8 Å². The molecule has 3 nitrogen and oxygen atoms in total. The van der Waals surface area contributed by atoms with Crippen molar-refractivity contribution in [1.29, 1.82) is 0 Å². The molecule has 1 atom stereocenters. The molecule has 1 heterocycles. The summed E-state index contributed by atoms with van der Waals surface area (Å²) >= 11 is 0. The average molecular weight is 208 g/mol. The molecule has 0 fully saturated rings. The van der Waals surface area contributed by atoms with Crippen LogP contribution in [0.2, 0.25) is 0 Å². The van der Waals surface area contributed by atoms with Crippen molar-refractivity contribution in [3.05, 3.63) is 30.1 Å². The Morgan fingerprint density at radius 1 is 1.40 bits per heavy atom. The number of aromatic nitrogens is 1. The van der Waals surface area contributed by atoms with Crippen LogP contribution in [-0.2, 0) is 6.42 Å². The van der Waals surface area contributed by atoms with Gasteiger partial charge in [0.2, 0.25) is 0 Å². The highest BCUT2D eigenvalue weighted by molar-refractivity contribution is 5.12. The predicted octanol–water partition coefficient (Wildman–Crippen LogP) is 1.37. The summed E-state index contributed by atoms with van der Waals surface area (Å²) in [4.78, 5) is 3.95. The van der Waals surface area contributed by atoms with E-state index in [0.717, 1.165) is 18.5 Å². The molecule has 1 aromatic rings. The minimum Gasteiger partial charge on any atom is -0.389 e. The highest BCUT2D eigenvalue weighted by atomic mass is 16.3. The van der Waals surface area contributed by atoms with Gasteiger partial charge in [0.25, 0.3) is 0 Å². The van der Waals surface area contributed by atoms with Gasteiger partial charge in [-0.2, -0.15) is 0 Å². The van der Waals surface area contributed by atoms with Crippen LogP contribution in [0.25, 0.3) is 0 Å². The summed E-state index contributed by atoms with van der Waals surface area (Å²) in [6.45, 7) is 5.55. The van der Waals surface area contributed by atoms with Crippen molar-refractivity contribution in [2.45, 2.75) is 32.3 Å². The minimum absolute atomic E-state index is 0.628. The summed E-state index contributed by atoms with van der Waals surface area (Å²) in [7, 11) is 0. The molecule has 0 aliphatic rings. The Morgan fingerprint density at radius 2 is 2.07 bits per heavy atom. The predicted molar refractivity (Wildman–Crippen MR) is 61.7 cm³/mol. The molecule has 0 aliphatic carbocycles. The van der Waals surface area contributed by atoms with E-state index in [1.54, 1.807) is 12.4 Å². The number of aliphatic hydroxyl groups is 1. The maximum Gasteiger partial charge on any atom is 0.0783 e. The van der Waals surface area contributed by atoms with E-state index >= 15 is 0 Å². The van der Waals surface area contributed by atoms with Gasteiger partial charge in [0.05, 0.1) is 5.60 Å². The second-order valence-corrected chi connectivity index (χ2v) is 4.21. The topological polar surface area (TPSA) is 45.1 Å². The Kier molecular flexibility index (Phi) is 4.72. The van der Waals surface area contributed by atoms with E-state index in [1.165, 1.54) is 0 Å². The van der Waals surface area contributed by atoms with Crippen molar-refractivity contribution >= 4 is 0 Å². The fourth-order valence-corrected chi connectivity index (χ4v) is 1.54. The van der Waals surface area contributed by atoms with Gasteiger partial charge >= 0.3 is 0 Å². The molecule has 0 saturated carbocycles. The quantitative estimate of drug-likeness (QED) is 0.694. The van der Waals surface area contributed by atoms with Gasteiger partial charge in [-0.3, -0.25) is 4.98 Å². The van der Waals surface area contributed by atoms with Gasteiger partial charge in [0.15, 0.2) is 0 Å². The van der Waals surface area contributed by atoms with Gasteiger partial charge in [0, 0.05) is 25.4 Å². The Hall–Kier alpha value is -0.930. The molecule has 0 saturated heterocycles. The molecule has 0 aliphatic heterocycles. The molecule has 2 N–H and O–H groups in total. The van der Waals surface area contributed by atoms with Crippen LogP contribution in [0.15, 0.2) is 24.5 Å². The van der Waals surface area contributed by atoms with Crippen LogP contribution in [0.5, 0.6) is 0 Å². The summed E-state index contributed by atoms with van der Waals surface area (Å²) < 4.78 is 0. The zero-order valence-electron chi connectivity index (χ0n) is 9.53. The van der Waals surface area contributed by atoms with Crippen molar-refractivity contribution in [3.63, 3.8) is 0 Å². The number of hydrogen-bond donors (Lipinski definition) is 2. The summed E-state index contributed by atoms with van der Waals surface area (Å²) in [6, 6.07) is 3.88. The first-order chi connectivity index (χ1) is 7.14. The van der Waals surface area contributed by atoms with E-state index in [9.17, 15) is 5.11 Å². The Morgan fingerprint density at radius 3 is 2.67 bits per heavy atom. The third kappa shape index (κ3) is 4.91. The van der Waals surface area contributed by atoms with Gasteiger partial charge in [0.1, 0.15) is 0 Å². The van der Waals surface area contributed by atoms with Gasteiger partial charge in [-0.15, -0.1) is 0 Å². The second kappa shape index (κ2) is 5.83. The van der Waals surface area contributed by atoms with Crippen molar-refractivity contribution in [2.24, 2.45) is 0 Å². The van der Waals surface area contributed by atoms with E-state index in [0.29, 0.717) is 13.0 Å². The van der Waals surface area contributed by atoms with Crippen molar-refractivity contribution in [3.8, 4) is 0 Å². The lowest BCUT2D eigenvalue weighted by Crippen LogP contribution is -2.39. The summed E-state index contributed by atoms with van der Waals surface area (Å²) in [5, 5.41) is 13.3. The zero-order chi connectivity index (χ0) is 11.1. The first-order valence-corrected chi connectivity index (χ1v) is 5.46. The molecular weight excluding hydrogens is 188 g/mol. The van der Waals surface area contributed by atoms with Crippen LogP contribution in [0.3, 0.4) is 0 Å². The Balaban J connectivity index is 2.42. The molecular formula is C12H20N2O. The lowest BCUT2D eigenvalue weighted by molar-refractivity contribution is 0.0603. The standard InChI is InChI=1S/C12H20N2O/c1-3-6-14-10-12(2,15)9-11-4-7-13-8-5-11/h4-5,7-8,14-15H,3,6,9-10H2,1-2H3. The molecule has 0 amide bonds. The highest BCUT2D eigenvalue weighted by Crippen LogP contribution is 2.11. The van der Waals surface area contributed by atoms with Gasteiger partial charge < -0.3 is 10.4 Å². The number of pyridine rings is 1. The molecule has 0 radical (unpaired) electrons. The lowest BCUT2D eigenvalue weighted by atomic mass is 9.97. The second-order valence-electron chi connectivity index (χ2n) is 4.21. The lowest BCUT2D eigenvalue weighted by Gasteiger charge is -2.23. The van der Waals surface area contributed by atoms with E-state index < -0.39 is 5.60 Å². The van der Waals surface area contributed by atoms with E-state index in [2.05, 4.69) is 17.2 Å². The summed E-state index contributed by atoms with van der Waals surface area (Å²) in [5.74, 6) is 0. The zero-order valence-corrected chi connectivity index (χ0v) is 9.53. The third-order valence-corrected chi connectivity index (χ3v) is 2.27. The molecule has 1 aromatic heterocycles. The van der Waals surface area contributed by atoms with Crippen LogP contribution in [-0.4, -0.2) is 28.8 Å². The Labute approximate surface area is 91.5 Å². The summed E-state index contributed by atoms with van der Waals surface area (Å²) in [6.07, 6.45) is 5.26. The fourth-order valence-electron chi connectivity index (χ4n) is 1.54. The van der Waals surface area contributed by atoms with Gasteiger partial charge in [-0.05, 0) is 37.6 Å². The van der Waals surface area contributed by atoms with E-state index in [-0.39, 0.29) is 0 Å². The molecule has 0 bridgehead atoms. The first kappa shape index (κ1) is 12.1. The smallest absolute Gasteiger partial charge is 0.0783 e. The monoisotopic (exact) mass is 208 g/mol. The Bertz CT molecular complexity index is 272. The maximum atomic E-state index is 10.1. The minimum atomic E-state index is -0.684. The van der Waals surface area contributed by atoms with E-state index in [4.69, 9.17) is 0 Å². The molecule has 1 rings (SSSR count). The molecule has 0 aromatic carbocycles. The third-order valence-electron chi connectivity index (χ3n) is 2.27. The molecule has 15 heavy (non-hydrogen) atoms. The normalized spacial score (nSPS) is 14.9. The van der Waals surface area contributed by atoms with Gasteiger partial charge in [-0.1, -0.05) is 6.92 Å². The average Bonchev–Trinajstić information content (AvgIpc) is 2.18. The number of nitrogens with one attached hydrogen (secondary N) is 1. The molecule has 84 valence electrons. The van der Waals surface area contributed by atoms with Crippen LogP contribution < -0.4 is 5.32 Å². The van der Waals surface area contributed by atoms with Crippen molar-refractivity contribution in [2.75, 3.05) is 13.1 Å². The largest absolute Gasteiger partial charge is 0.389 e. The number of nitrogens with zero attached hydrogens (tertiary/aromatic N) is 1. The molecule has 0 spiro atoms. The number of rotatable bonds is 6. The van der Waals surface area contributed by atoms with Crippen molar-refractivity contribution < 1.29 is 5.11 Å². The molecule has 1 unspecified atom stereocenters. The summed E-state index contributed by atoms with van der Waals surface area (Å²) in [5.41, 5.74) is 0.435. The SMILES string of the molecule is CCCNCC(C)(O)Cc1ccncc1. The fraction of sp³-hybridized carbons (Fsp3) is 0.583. The van der Waals surface area contributed by atoms with Crippen LogP contribution in [0.4, 0.5) is 0 Å². The van der Waals surface area contributed by atoms with Crippen LogP contribution in [0, 0.1) is 0 Å². The highest BCUT2D eigenvalue weighted by Gasteiger charge is 2.19. The van der Waals surface area contributed by atoms with E-state index in [1.807, 2.05) is 19.1 Å². The molecule has 3 heteroatoms. The first-order valence-electron chi connectivity index (χ1n) is 5.46. The number of hydrogen-bond acceptors (Lipinski definition) is 3. The van der Waals surface area contributed by atoms with Crippen molar-refractivity contribution in [1.82, 2.24) is 10.3 Å². The maximum absolute atomic E-state index is 10.1.